The van der Waals surface area contributed by atoms with E-state index in [1.54, 1.807) is 11.3 Å². The van der Waals surface area contributed by atoms with Crippen LogP contribution in [0.1, 0.15) is 22.5 Å². The van der Waals surface area contributed by atoms with Gasteiger partial charge < -0.3 is 10.2 Å². The van der Waals surface area contributed by atoms with Crippen LogP contribution in [0.2, 0.25) is 0 Å². The number of halogens is 1. The predicted molar refractivity (Wildman–Crippen MR) is 104 cm³/mol. The first-order valence-electron chi connectivity index (χ1n) is 8.93. The summed E-state index contributed by atoms with van der Waals surface area (Å²) < 4.78 is 0. The fraction of sp³-hybridized carbons (Fsp3) is 0.450. The van der Waals surface area contributed by atoms with Crippen LogP contribution < -0.4 is 5.32 Å². The molecule has 6 rings (SSSR count). The maximum absolute atomic E-state index is 12.8. The minimum absolute atomic E-state index is 0. The van der Waals surface area contributed by atoms with Crippen LogP contribution in [0.3, 0.4) is 0 Å². The number of thiophene rings is 1. The Morgan fingerprint density at radius 1 is 1.04 bits per heavy atom. The number of nitrogens with zero attached hydrogens (tertiary/aromatic N) is 1. The molecular formula is C20H23ClN2OS. The molecule has 1 N–H and O–H groups in total. The molecule has 1 aliphatic carbocycles. The van der Waals surface area contributed by atoms with Crippen molar-refractivity contribution in [3.05, 3.63) is 46.7 Å². The summed E-state index contributed by atoms with van der Waals surface area (Å²) in [4.78, 5) is 16.2. The average molecular weight is 375 g/mol. The van der Waals surface area contributed by atoms with E-state index >= 15 is 0 Å². The van der Waals surface area contributed by atoms with E-state index in [0.29, 0.717) is 17.9 Å². The molecule has 2 unspecified atom stereocenters. The zero-order chi connectivity index (χ0) is 16.1. The Bertz CT molecular complexity index is 732. The Balaban J connectivity index is 0.00000157. The molecule has 1 amide bonds. The normalized spacial score (nSPS) is 32.2. The quantitative estimate of drug-likeness (QED) is 0.883. The summed E-state index contributed by atoms with van der Waals surface area (Å²) >= 11 is 1.56. The molecule has 4 fully saturated rings. The lowest BCUT2D eigenvalue weighted by atomic mass is 9.65. The SMILES string of the molecule is Cl.O=C(NC1C2CC3CC1CN(C3)C2)c1cc(-c2ccccc2)cs1. The van der Waals surface area contributed by atoms with Crippen molar-refractivity contribution in [1.29, 1.82) is 0 Å². The smallest absolute Gasteiger partial charge is 0.261 e. The fourth-order valence-electron chi connectivity index (χ4n) is 5.10. The molecule has 2 atom stereocenters. The van der Waals surface area contributed by atoms with Gasteiger partial charge in [0.2, 0.25) is 0 Å². The van der Waals surface area contributed by atoms with Crippen LogP contribution in [-0.2, 0) is 0 Å². The minimum atomic E-state index is 0. The fourth-order valence-corrected chi connectivity index (χ4v) is 5.92. The van der Waals surface area contributed by atoms with E-state index in [1.165, 1.54) is 38.0 Å². The number of rotatable bonds is 3. The van der Waals surface area contributed by atoms with Gasteiger partial charge in [-0.2, -0.15) is 0 Å². The molecule has 2 aromatic rings. The molecule has 132 valence electrons. The van der Waals surface area contributed by atoms with Crippen molar-refractivity contribution in [3.8, 4) is 11.1 Å². The zero-order valence-corrected chi connectivity index (χ0v) is 15.7. The van der Waals surface area contributed by atoms with Crippen molar-refractivity contribution in [2.75, 3.05) is 19.6 Å². The molecule has 4 aliphatic rings. The maximum Gasteiger partial charge on any atom is 0.261 e. The van der Waals surface area contributed by atoms with Crippen LogP contribution in [0.25, 0.3) is 11.1 Å². The molecule has 3 aliphatic heterocycles. The number of carbonyl (C=O) groups excluding carboxylic acids is 1. The van der Waals surface area contributed by atoms with Crippen molar-refractivity contribution in [3.63, 3.8) is 0 Å². The van der Waals surface area contributed by atoms with Crippen molar-refractivity contribution < 1.29 is 4.79 Å². The highest BCUT2D eigenvalue weighted by atomic mass is 35.5. The van der Waals surface area contributed by atoms with Gasteiger partial charge in [0.15, 0.2) is 0 Å². The molecule has 3 nitrogen and oxygen atoms in total. The first-order chi connectivity index (χ1) is 11.8. The lowest BCUT2D eigenvalue weighted by molar-refractivity contribution is -0.0418. The van der Waals surface area contributed by atoms with Gasteiger partial charge in [-0.25, -0.2) is 0 Å². The van der Waals surface area contributed by atoms with Crippen LogP contribution in [0.4, 0.5) is 0 Å². The van der Waals surface area contributed by atoms with E-state index in [9.17, 15) is 4.79 Å². The highest BCUT2D eigenvalue weighted by Gasteiger charge is 2.47. The van der Waals surface area contributed by atoms with E-state index < -0.39 is 0 Å². The van der Waals surface area contributed by atoms with E-state index in [1.807, 2.05) is 24.3 Å². The van der Waals surface area contributed by atoms with Crippen LogP contribution in [0.5, 0.6) is 0 Å². The molecule has 5 heteroatoms. The first kappa shape index (κ1) is 17.1. The highest BCUT2D eigenvalue weighted by molar-refractivity contribution is 7.12. The molecule has 1 aromatic carbocycles. The number of amides is 1. The Morgan fingerprint density at radius 3 is 2.44 bits per heavy atom. The number of hydrogen-bond donors (Lipinski definition) is 1. The Hall–Kier alpha value is -1.36. The molecule has 3 saturated heterocycles. The third-order valence-corrected chi connectivity index (χ3v) is 6.95. The van der Waals surface area contributed by atoms with E-state index in [2.05, 4.69) is 27.7 Å². The number of benzene rings is 1. The van der Waals surface area contributed by atoms with Gasteiger partial charge in [-0.3, -0.25) is 4.79 Å². The molecule has 1 aromatic heterocycles. The number of carbonyl (C=O) groups is 1. The average Bonchev–Trinajstić information content (AvgIpc) is 3.08. The van der Waals surface area contributed by atoms with E-state index in [-0.39, 0.29) is 18.3 Å². The zero-order valence-electron chi connectivity index (χ0n) is 14.1. The lowest BCUT2D eigenvalue weighted by Gasteiger charge is -2.55. The minimum Gasteiger partial charge on any atom is -0.348 e. The van der Waals surface area contributed by atoms with Gasteiger partial charge in [-0.1, -0.05) is 30.3 Å². The van der Waals surface area contributed by atoms with Gasteiger partial charge in [0.25, 0.3) is 5.91 Å². The molecule has 4 heterocycles. The van der Waals surface area contributed by atoms with Crippen LogP contribution >= 0.6 is 23.7 Å². The molecule has 1 saturated carbocycles. The first-order valence-corrected chi connectivity index (χ1v) is 9.81. The third-order valence-electron chi connectivity index (χ3n) is 6.02. The molecule has 0 radical (unpaired) electrons. The summed E-state index contributed by atoms with van der Waals surface area (Å²) in [7, 11) is 0. The van der Waals surface area contributed by atoms with E-state index in [4.69, 9.17) is 0 Å². The van der Waals surface area contributed by atoms with Gasteiger partial charge in [-0.05, 0) is 53.2 Å². The highest BCUT2D eigenvalue weighted by Crippen LogP contribution is 2.43. The van der Waals surface area contributed by atoms with Gasteiger partial charge >= 0.3 is 0 Å². The number of nitrogens with one attached hydrogen (secondary N) is 1. The summed E-state index contributed by atoms with van der Waals surface area (Å²) in [6.45, 7) is 3.65. The van der Waals surface area contributed by atoms with Gasteiger partial charge in [0.1, 0.15) is 0 Å². The van der Waals surface area contributed by atoms with Crippen LogP contribution in [0, 0.1) is 17.8 Å². The van der Waals surface area contributed by atoms with Crippen molar-refractivity contribution >= 4 is 29.7 Å². The maximum atomic E-state index is 12.8. The second-order valence-corrected chi connectivity index (χ2v) is 8.55. The van der Waals surface area contributed by atoms with Crippen LogP contribution in [0.15, 0.2) is 41.8 Å². The van der Waals surface area contributed by atoms with Gasteiger partial charge in [0.05, 0.1) is 4.88 Å². The van der Waals surface area contributed by atoms with Crippen molar-refractivity contribution in [2.45, 2.75) is 18.9 Å². The third kappa shape index (κ3) is 3.12. The Morgan fingerprint density at radius 2 is 1.76 bits per heavy atom. The summed E-state index contributed by atoms with van der Waals surface area (Å²) in [6, 6.07) is 12.7. The summed E-state index contributed by atoms with van der Waals surface area (Å²) in [6.07, 6.45) is 2.61. The Kier molecular flexibility index (Phi) is 4.61. The topological polar surface area (TPSA) is 32.3 Å². The van der Waals surface area contributed by atoms with Crippen LogP contribution in [-0.4, -0.2) is 36.5 Å². The summed E-state index contributed by atoms with van der Waals surface area (Å²) in [5.74, 6) is 2.32. The molecule has 4 bridgehead atoms. The summed E-state index contributed by atoms with van der Waals surface area (Å²) in [5.41, 5.74) is 2.32. The van der Waals surface area contributed by atoms with E-state index in [0.717, 1.165) is 16.4 Å². The van der Waals surface area contributed by atoms with Gasteiger partial charge in [-0.15, -0.1) is 23.7 Å². The monoisotopic (exact) mass is 374 g/mol. The lowest BCUT2D eigenvalue weighted by Crippen LogP contribution is -2.64. The van der Waals surface area contributed by atoms with Crippen molar-refractivity contribution in [1.82, 2.24) is 10.2 Å². The largest absolute Gasteiger partial charge is 0.348 e. The molecule has 0 spiro atoms. The molecular weight excluding hydrogens is 352 g/mol. The second-order valence-electron chi connectivity index (χ2n) is 7.64. The summed E-state index contributed by atoms with van der Waals surface area (Å²) in [5, 5.41) is 5.48. The number of hydrogen-bond acceptors (Lipinski definition) is 3. The van der Waals surface area contributed by atoms with Gasteiger partial charge in [0, 0.05) is 25.7 Å². The number of piperidine rings is 3. The molecule has 25 heavy (non-hydrogen) atoms. The Labute approximate surface area is 158 Å². The second kappa shape index (κ2) is 6.75. The predicted octanol–water partition coefficient (Wildman–Crippen LogP) is 3.91. The van der Waals surface area contributed by atoms with Crippen molar-refractivity contribution in [2.24, 2.45) is 17.8 Å². The standard InChI is InChI=1S/C20H22N2OS.ClH/c23-20(18-8-17(12-24-18)14-4-2-1-3-5-14)21-19-15-6-13-7-16(19)11-22(9-13)10-15;/h1-5,8,12-13,15-16,19H,6-7,9-11H2,(H,21,23);1H.